The van der Waals surface area contributed by atoms with Crippen molar-refractivity contribution in [3.8, 4) is 0 Å². The van der Waals surface area contributed by atoms with Gasteiger partial charge in [-0.15, -0.1) is 5.10 Å². The number of fused-ring (bicyclic) bond motifs is 5. The van der Waals surface area contributed by atoms with Crippen LogP contribution in [0.1, 0.15) is 22.8 Å². The molecule has 0 spiro atoms. The van der Waals surface area contributed by atoms with Crippen LogP contribution in [-0.2, 0) is 41.4 Å². The second-order valence-electron chi connectivity index (χ2n) is 10.7. The summed E-state index contributed by atoms with van der Waals surface area (Å²) in [6.45, 7) is -1.73. The van der Waals surface area contributed by atoms with Gasteiger partial charge in [0.05, 0.1) is 36.8 Å². The van der Waals surface area contributed by atoms with Crippen LogP contribution in [0.4, 0.5) is 10.2 Å². The number of benzene rings is 1. The van der Waals surface area contributed by atoms with E-state index in [-0.39, 0.29) is 28.1 Å². The molecule has 3 saturated heterocycles. The number of aliphatic hydroxyl groups excluding tert-OH is 1. The second kappa shape index (κ2) is 11.9. The van der Waals surface area contributed by atoms with E-state index in [1.165, 1.54) is 42.1 Å². The van der Waals surface area contributed by atoms with E-state index in [1.54, 1.807) is 0 Å². The number of nitrogens with two attached hydrogens (primary N) is 1. The molecule has 0 aliphatic carbocycles. The van der Waals surface area contributed by atoms with Crippen molar-refractivity contribution in [3.63, 3.8) is 0 Å². The van der Waals surface area contributed by atoms with Crippen LogP contribution in [0.2, 0.25) is 0 Å². The first kappa shape index (κ1) is 32.1. The number of esters is 1. The molecule has 4 aromatic rings. The number of carbonyl (C=O) groups is 1. The summed E-state index contributed by atoms with van der Waals surface area (Å²) >= 11 is 0. The maximum atomic E-state index is 15.9. The number of aromatic nitrogens is 6. The maximum absolute atomic E-state index is 15.9. The van der Waals surface area contributed by atoms with E-state index in [2.05, 4.69) is 20.3 Å². The van der Waals surface area contributed by atoms with Gasteiger partial charge in [0.1, 0.15) is 53.8 Å². The van der Waals surface area contributed by atoms with E-state index in [0.29, 0.717) is 5.39 Å². The van der Waals surface area contributed by atoms with Crippen molar-refractivity contribution in [1.29, 1.82) is 0 Å². The summed E-state index contributed by atoms with van der Waals surface area (Å²) in [5, 5.41) is 19.4. The van der Waals surface area contributed by atoms with Gasteiger partial charge in [-0.25, -0.2) is 33.0 Å². The van der Waals surface area contributed by atoms with Crippen molar-refractivity contribution in [2.24, 2.45) is 0 Å². The number of nitrogen functional groups attached to an aromatic ring is 1. The van der Waals surface area contributed by atoms with Crippen molar-refractivity contribution >= 4 is 49.5 Å². The Morgan fingerprint density at radius 1 is 1.04 bits per heavy atom. The Bertz CT molecular complexity index is 1950. The number of carbonyl (C=O) groups excluding carboxylic acids is 1. The number of rotatable bonds is 3. The Balaban J connectivity index is 1.20. The number of phosphoric ester groups is 2. The number of halogens is 1. The summed E-state index contributed by atoms with van der Waals surface area (Å²) in [5.41, 5.74) is 6.35. The third-order valence-corrected chi connectivity index (χ3v) is 9.83. The highest BCUT2D eigenvalue weighted by atomic mass is 31.2. The lowest BCUT2D eigenvalue weighted by atomic mass is 10.1. The number of hydrogen-bond acceptors (Lipinski definition) is 16. The van der Waals surface area contributed by atoms with Crippen LogP contribution in [-0.4, -0.2) is 107 Å². The third kappa shape index (κ3) is 5.72. The van der Waals surface area contributed by atoms with Crippen LogP contribution in [0.3, 0.4) is 0 Å². The lowest BCUT2D eigenvalue weighted by Crippen LogP contribution is -2.35. The molecule has 7 rings (SSSR count). The average Bonchev–Trinajstić information content (AvgIpc) is 3.80. The number of aliphatic hydroxyl groups is 1. The maximum Gasteiger partial charge on any atom is 0.472 e. The number of ether oxygens (including phenoxy) is 3. The van der Waals surface area contributed by atoms with Gasteiger partial charge in [-0.3, -0.25) is 18.1 Å². The van der Waals surface area contributed by atoms with Crippen molar-refractivity contribution in [2.75, 3.05) is 26.1 Å². The molecule has 3 aliphatic rings. The minimum absolute atomic E-state index is 0.0447. The Kier molecular flexibility index (Phi) is 8.13. The van der Waals surface area contributed by atoms with E-state index in [0.717, 1.165) is 11.0 Å². The zero-order chi connectivity index (χ0) is 33.2. The summed E-state index contributed by atoms with van der Waals surface area (Å²) in [7, 11) is -9.10. The Labute approximate surface area is 262 Å². The molecule has 0 saturated carbocycles. The smallest absolute Gasteiger partial charge is 0.465 e. The van der Waals surface area contributed by atoms with E-state index < -0.39 is 84.0 Å². The fourth-order valence-corrected chi connectivity index (χ4v) is 7.56. The van der Waals surface area contributed by atoms with Crippen LogP contribution < -0.4 is 5.73 Å². The van der Waals surface area contributed by atoms with Gasteiger partial charge in [0.2, 0.25) is 0 Å². The van der Waals surface area contributed by atoms with Gasteiger partial charge in [0.25, 0.3) is 0 Å². The standard InChI is InChI=1S/C24H26FN7O13P2/c1-39-24(34)10-3-2-4-12-16(10)29-30-32(12)23-19-17(33)13(42-23)7-40-46(35,36)44-18-14(8-41-47(37,38)45-19)43-22(15(18)25)31-6-5-11-20(26)27-9-28-21(11)31/h2-6,9,13-15,17-19,22-23,33H,7-8H2,1H3,(H,35,36)(H,37,38)(H2,26,27,28)/t13-,14-,15-,17-,18-,19-,22-,23-/m1/s1. The van der Waals surface area contributed by atoms with Crippen LogP contribution in [0, 0.1) is 0 Å². The predicted molar refractivity (Wildman–Crippen MR) is 151 cm³/mol. The number of phosphoric acid groups is 2. The number of alkyl halides is 1. The van der Waals surface area contributed by atoms with Crippen molar-refractivity contribution in [3.05, 3.63) is 42.4 Å². The summed E-state index contributed by atoms with van der Waals surface area (Å²) in [6, 6.07) is 5.93. The van der Waals surface area contributed by atoms with Gasteiger partial charge < -0.3 is 39.4 Å². The summed E-state index contributed by atoms with van der Waals surface area (Å²) in [6.07, 6.45) is -11.1. The van der Waals surface area contributed by atoms with Crippen LogP contribution in [0.15, 0.2) is 36.8 Å². The molecular formula is C24H26FN7O13P2. The van der Waals surface area contributed by atoms with Gasteiger partial charge in [0.15, 0.2) is 18.6 Å². The SMILES string of the molecule is COC(=O)c1cccc2c1nnn2[C@@H]1O[C@@H]2COP(=O)(O)O[C@H]3[C@@H](F)[C@H](n4ccc5c(N)ncnc54)O[C@@H]3COP(=O)(O)O[C@@H]1[C@@H]2O. The minimum atomic E-state index is -5.14. The van der Waals surface area contributed by atoms with Gasteiger partial charge in [0, 0.05) is 6.20 Å². The summed E-state index contributed by atoms with van der Waals surface area (Å²) in [4.78, 5) is 41.5. The van der Waals surface area contributed by atoms with E-state index in [1.807, 2.05) is 0 Å². The highest BCUT2D eigenvalue weighted by Crippen LogP contribution is 2.54. The number of methoxy groups -OCH3 is 1. The lowest BCUT2D eigenvalue weighted by molar-refractivity contribution is -0.0706. The van der Waals surface area contributed by atoms with Crippen molar-refractivity contribution in [1.82, 2.24) is 29.5 Å². The van der Waals surface area contributed by atoms with E-state index >= 15 is 4.39 Å². The third-order valence-electron chi connectivity index (χ3n) is 7.86. The minimum Gasteiger partial charge on any atom is -0.465 e. The molecule has 5 N–H and O–H groups in total. The summed E-state index contributed by atoms with van der Waals surface area (Å²) < 4.78 is 81.7. The zero-order valence-electron chi connectivity index (χ0n) is 24.0. The second-order valence-corrected chi connectivity index (χ2v) is 13.5. The van der Waals surface area contributed by atoms with Gasteiger partial charge in [-0.2, -0.15) is 0 Å². The van der Waals surface area contributed by atoms with Crippen LogP contribution in [0.25, 0.3) is 22.1 Å². The molecule has 3 aromatic heterocycles. The highest BCUT2D eigenvalue weighted by molar-refractivity contribution is 7.47. The van der Waals surface area contributed by atoms with Crippen molar-refractivity contribution in [2.45, 2.75) is 49.1 Å². The van der Waals surface area contributed by atoms with E-state index in [4.69, 9.17) is 38.0 Å². The molecule has 252 valence electrons. The first-order valence-corrected chi connectivity index (χ1v) is 16.8. The monoisotopic (exact) mass is 701 g/mol. The largest absolute Gasteiger partial charge is 0.472 e. The summed E-state index contributed by atoms with van der Waals surface area (Å²) in [5.74, 6) is -0.612. The molecule has 1 aromatic carbocycles. The number of nitrogens with zero attached hydrogens (tertiary/aromatic N) is 6. The normalized spacial score (nSPS) is 36.4. The molecule has 2 bridgehead atoms. The van der Waals surface area contributed by atoms with Gasteiger partial charge in [-0.05, 0) is 18.2 Å². The van der Waals surface area contributed by atoms with E-state index in [9.17, 15) is 28.8 Å². The Morgan fingerprint density at radius 2 is 1.74 bits per heavy atom. The Morgan fingerprint density at radius 3 is 2.49 bits per heavy atom. The Hall–Kier alpha value is -3.46. The molecule has 23 heteroatoms. The molecule has 3 fully saturated rings. The molecule has 0 radical (unpaired) electrons. The molecule has 3 aliphatic heterocycles. The molecular weight excluding hydrogens is 675 g/mol. The van der Waals surface area contributed by atoms with Gasteiger partial charge >= 0.3 is 21.6 Å². The lowest BCUT2D eigenvalue weighted by Gasteiger charge is -2.25. The quantitative estimate of drug-likeness (QED) is 0.170. The van der Waals surface area contributed by atoms with Crippen LogP contribution in [0.5, 0.6) is 0 Å². The molecule has 0 amide bonds. The molecule has 10 atom stereocenters. The first-order chi connectivity index (χ1) is 22.4. The topological polar surface area (TPSA) is 264 Å². The highest BCUT2D eigenvalue weighted by Gasteiger charge is 2.54. The van der Waals surface area contributed by atoms with Crippen LogP contribution >= 0.6 is 15.6 Å². The molecule has 20 nitrogen and oxygen atoms in total. The molecule has 47 heavy (non-hydrogen) atoms. The fourth-order valence-electron chi connectivity index (χ4n) is 5.67. The molecule has 6 heterocycles. The predicted octanol–water partition coefficient (Wildman–Crippen LogP) is 0.757. The number of anilines is 1. The van der Waals surface area contributed by atoms with Gasteiger partial charge in [-0.1, -0.05) is 11.3 Å². The molecule has 2 unspecified atom stereocenters. The average molecular weight is 701 g/mol. The number of hydrogen-bond donors (Lipinski definition) is 4. The first-order valence-electron chi connectivity index (χ1n) is 13.8. The zero-order valence-corrected chi connectivity index (χ0v) is 25.7. The van der Waals surface area contributed by atoms with Crippen molar-refractivity contribution < 1.29 is 65.5 Å². The fraction of sp³-hybridized carbons (Fsp3) is 0.458.